The Balaban J connectivity index is 2.39. The number of fused-ring (bicyclic) bond motifs is 1. The van der Waals surface area contributed by atoms with Crippen LogP contribution in [0.3, 0.4) is 0 Å². The van der Waals surface area contributed by atoms with Gasteiger partial charge >= 0.3 is 0 Å². The fourth-order valence-electron chi connectivity index (χ4n) is 2.36. The second-order valence-electron chi connectivity index (χ2n) is 4.60. The molecule has 0 aromatic heterocycles. The average Bonchev–Trinajstić information content (AvgIpc) is 2.43. The monoisotopic (exact) mass is 239 g/mol. The highest BCUT2D eigenvalue weighted by molar-refractivity contribution is 5.86. The number of hydrogen-bond donors (Lipinski definition) is 1. The van der Waals surface area contributed by atoms with Gasteiger partial charge in [-0.05, 0) is 35.7 Å². The van der Waals surface area contributed by atoms with E-state index in [1.807, 2.05) is 6.08 Å². The minimum atomic E-state index is 0.369. The second kappa shape index (κ2) is 6.36. The fourth-order valence-corrected chi connectivity index (χ4v) is 2.36. The first kappa shape index (κ1) is 12.8. The largest absolute Gasteiger partial charge is 0.310 e. The molecule has 1 unspecified atom stereocenters. The first-order valence-electron chi connectivity index (χ1n) is 6.68. The van der Waals surface area contributed by atoms with Gasteiger partial charge in [0.25, 0.3) is 0 Å². The van der Waals surface area contributed by atoms with Gasteiger partial charge in [0.15, 0.2) is 0 Å². The van der Waals surface area contributed by atoms with Crippen molar-refractivity contribution in [3.05, 3.63) is 60.7 Å². The van der Waals surface area contributed by atoms with Crippen molar-refractivity contribution in [2.75, 3.05) is 6.54 Å². The first-order chi connectivity index (χ1) is 8.86. The van der Waals surface area contributed by atoms with Crippen LogP contribution in [0.2, 0.25) is 0 Å². The average molecular weight is 239 g/mol. The summed E-state index contributed by atoms with van der Waals surface area (Å²) in [5, 5.41) is 6.26. The van der Waals surface area contributed by atoms with E-state index in [0.29, 0.717) is 6.04 Å². The van der Waals surface area contributed by atoms with Gasteiger partial charge in [0.1, 0.15) is 0 Å². The topological polar surface area (TPSA) is 12.0 Å². The molecule has 0 amide bonds. The summed E-state index contributed by atoms with van der Waals surface area (Å²) in [4.78, 5) is 0. The van der Waals surface area contributed by atoms with Crippen LogP contribution in [0.4, 0.5) is 0 Å². The van der Waals surface area contributed by atoms with Crippen LogP contribution in [0.5, 0.6) is 0 Å². The van der Waals surface area contributed by atoms with E-state index in [1.54, 1.807) is 0 Å². The molecule has 0 saturated carbocycles. The normalized spacial score (nSPS) is 12.5. The molecule has 0 aliphatic carbocycles. The highest BCUT2D eigenvalue weighted by atomic mass is 14.9. The molecule has 1 N–H and O–H groups in total. The summed E-state index contributed by atoms with van der Waals surface area (Å²) in [6.45, 7) is 7.11. The van der Waals surface area contributed by atoms with Gasteiger partial charge in [0, 0.05) is 6.04 Å². The maximum absolute atomic E-state index is 3.87. The molecule has 0 aliphatic rings. The predicted octanol–water partition coefficient (Wildman–Crippen LogP) is 4.46. The van der Waals surface area contributed by atoms with Crippen LogP contribution in [0.25, 0.3) is 10.8 Å². The third-order valence-corrected chi connectivity index (χ3v) is 3.24. The van der Waals surface area contributed by atoms with Gasteiger partial charge in [-0.25, -0.2) is 0 Å². The van der Waals surface area contributed by atoms with Crippen LogP contribution < -0.4 is 5.32 Å². The molecule has 1 heteroatoms. The van der Waals surface area contributed by atoms with E-state index in [9.17, 15) is 0 Å². The summed E-state index contributed by atoms with van der Waals surface area (Å²) in [6.07, 6.45) is 4.11. The second-order valence-corrected chi connectivity index (χ2v) is 4.60. The Labute approximate surface area is 110 Å². The summed E-state index contributed by atoms with van der Waals surface area (Å²) < 4.78 is 0. The summed E-state index contributed by atoms with van der Waals surface area (Å²) in [5.41, 5.74) is 1.38. The lowest BCUT2D eigenvalue weighted by molar-refractivity contribution is 0.540. The van der Waals surface area contributed by atoms with Crippen LogP contribution >= 0.6 is 0 Å². The van der Waals surface area contributed by atoms with Crippen molar-refractivity contribution in [1.29, 1.82) is 0 Å². The predicted molar refractivity (Wildman–Crippen MR) is 79.8 cm³/mol. The molecule has 0 aliphatic heterocycles. The van der Waals surface area contributed by atoms with Crippen molar-refractivity contribution in [3.8, 4) is 0 Å². The van der Waals surface area contributed by atoms with Gasteiger partial charge in [-0.2, -0.15) is 0 Å². The minimum absolute atomic E-state index is 0.369. The SMILES string of the molecule is C=CCC(NCCC)c1cccc2ccccc12. The van der Waals surface area contributed by atoms with E-state index in [4.69, 9.17) is 0 Å². The third-order valence-electron chi connectivity index (χ3n) is 3.24. The first-order valence-corrected chi connectivity index (χ1v) is 6.68. The van der Waals surface area contributed by atoms with Crippen LogP contribution in [-0.4, -0.2) is 6.54 Å². The molecule has 0 radical (unpaired) electrons. The van der Waals surface area contributed by atoms with Gasteiger partial charge in [0.2, 0.25) is 0 Å². The van der Waals surface area contributed by atoms with E-state index in [0.717, 1.165) is 19.4 Å². The van der Waals surface area contributed by atoms with Crippen molar-refractivity contribution in [2.45, 2.75) is 25.8 Å². The Morgan fingerprint density at radius 1 is 1.17 bits per heavy atom. The quantitative estimate of drug-likeness (QED) is 0.734. The molecule has 2 aromatic carbocycles. The molecule has 2 aromatic rings. The number of rotatable bonds is 6. The Hall–Kier alpha value is -1.60. The summed E-state index contributed by atoms with van der Waals surface area (Å²) in [5.74, 6) is 0. The third kappa shape index (κ3) is 2.80. The molecule has 1 atom stereocenters. The van der Waals surface area contributed by atoms with E-state index >= 15 is 0 Å². The molecule has 94 valence electrons. The maximum atomic E-state index is 3.87. The Kier molecular flexibility index (Phi) is 4.54. The smallest absolute Gasteiger partial charge is 0.0360 e. The molecule has 18 heavy (non-hydrogen) atoms. The van der Waals surface area contributed by atoms with E-state index in [-0.39, 0.29) is 0 Å². The minimum Gasteiger partial charge on any atom is -0.310 e. The molecule has 2 rings (SSSR count). The molecule has 1 nitrogen and oxygen atoms in total. The number of hydrogen-bond acceptors (Lipinski definition) is 1. The van der Waals surface area contributed by atoms with E-state index in [2.05, 4.69) is 61.3 Å². The molecule has 0 bridgehead atoms. The van der Waals surface area contributed by atoms with E-state index < -0.39 is 0 Å². The molecule has 0 saturated heterocycles. The Morgan fingerprint density at radius 2 is 1.94 bits per heavy atom. The molecule has 0 fully saturated rings. The van der Waals surface area contributed by atoms with Crippen molar-refractivity contribution in [1.82, 2.24) is 5.32 Å². The zero-order valence-corrected chi connectivity index (χ0v) is 11.0. The van der Waals surface area contributed by atoms with Crippen LogP contribution in [-0.2, 0) is 0 Å². The van der Waals surface area contributed by atoms with Gasteiger partial charge < -0.3 is 5.32 Å². The zero-order chi connectivity index (χ0) is 12.8. The van der Waals surface area contributed by atoms with E-state index in [1.165, 1.54) is 16.3 Å². The molecular formula is C17H21N. The fraction of sp³-hybridized carbons (Fsp3) is 0.294. The van der Waals surface area contributed by atoms with Crippen molar-refractivity contribution in [3.63, 3.8) is 0 Å². The lowest BCUT2D eigenvalue weighted by Crippen LogP contribution is -2.21. The summed E-state index contributed by atoms with van der Waals surface area (Å²) in [7, 11) is 0. The summed E-state index contributed by atoms with van der Waals surface area (Å²) >= 11 is 0. The van der Waals surface area contributed by atoms with Gasteiger partial charge in [-0.3, -0.25) is 0 Å². The zero-order valence-electron chi connectivity index (χ0n) is 11.0. The molecular weight excluding hydrogens is 218 g/mol. The number of nitrogens with one attached hydrogen (secondary N) is 1. The van der Waals surface area contributed by atoms with Gasteiger partial charge in [0.05, 0.1) is 0 Å². The van der Waals surface area contributed by atoms with Crippen LogP contribution in [0, 0.1) is 0 Å². The van der Waals surface area contributed by atoms with Crippen LogP contribution in [0.1, 0.15) is 31.4 Å². The highest BCUT2D eigenvalue weighted by Gasteiger charge is 2.11. The van der Waals surface area contributed by atoms with Gasteiger partial charge in [-0.15, -0.1) is 6.58 Å². The van der Waals surface area contributed by atoms with Crippen molar-refractivity contribution < 1.29 is 0 Å². The highest BCUT2D eigenvalue weighted by Crippen LogP contribution is 2.26. The van der Waals surface area contributed by atoms with Gasteiger partial charge in [-0.1, -0.05) is 55.5 Å². The summed E-state index contributed by atoms with van der Waals surface area (Å²) in [6, 6.07) is 15.5. The molecule has 0 spiro atoms. The molecule has 0 heterocycles. The standard InChI is InChI=1S/C17H21N/c1-3-8-17(18-13-4-2)16-12-7-10-14-9-5-6-11-15(14)16/h3,5-7,9-12,17-18H,1,4,8,13H2,2H3. The lowest BCUT2D eigenvalue weighted by atomic mass is 9.96. The Bertz CT molecular complexity index is 511. The van der Waals surface area contributed by atoms with Crippen molar-refractivity contribution in [2.24, 2.45) is 0 Å². The maximum Gasteiger partial charge on any atom is 0.0360 e. The number of benzene rings is 2. The Morgan fingerprint density at radius 3 is 2.72 bits per heavy atom. The van der Waals surface area contributed by atoms with Crippen LogP contribution in [0.15, 0.2) is 55.1 Å². The lowest BCUT2D eigenvalue weighted by Gasteiger charge is -2.19. The van der Waals surface area contributed by atoms with Crippen molar-refractivity contribution >= 4 is 10.8 Å².